The van der Waals surface area contributed by atoms with E-state index >= 15 is 0 Å². The predicted molar refractivity (Wildman–Crippen MR) is 98.3 cm³/mol. The van der Waals surface area contributed by atoms with Gasteiger partial charge in [0, 0.05) is 32.3 Å². The number of aryl methyl sites for hydroxylation is 1. The number of oxazole rings is 1. The van der Waals surface area contributed by atoms with Crippen LogP contribution in [0.4, 0.5) is 0 Å². The van der Waals surface area contributed by atoms with E-state index in [9.17, 15) is 9.59 Å². The van der Waals surface area contributed by atoms with Crippen molar-refractivity contribution in [3.63, 3.8) is 0 Å². The zero-order valence-electron chi connectivity index (χ0n) is 15.1. The van der Waals surface area contributed by atoms with Gasteiger partial charge >= 0.3 is 5.97 Å². The molecule has 3 heterocycles. The van der Waals surface area contributed by atoms with Gasteiger partial charge in [0.25, 0.3) is 5.91 Å². The lowest BCUT2D eigenvalue weighted by Gasteiger charge is -2.30. The van der Waals surface area contributed by atoms with Crippen molar-refractivity contribution in [1.82, 2.24) is 14.5 Å². The third-order valence-corrected chi connectivity index (χ3v) is 4.99. The van der Waals surface area contributed by atoms with E-state index in [1.54, 1.807) is 34.8 Å². The molecule has 0 radical (unpaired) electrons. The van der Waals surface area contributed by atoms with Crippen molar-refractivity contribution in [2.45, 2.75) is 18.8 Å². The Balaban J connectivity index is 1.30. The highest BCUT2D eigenvalue weighted by Gasteiger charge is 2.27. The normalized spacial score (nSPS) is 15.2. The minimum Gasteiger partial charge on any atom is -0.451 e. The van der Waals surface area contributed by atoms with E-state index in [1.165, 1.54) is 0 Å². The Morgan fingerprint density at radius 1 is 1.19 bits per heavy atom. The van der Waals surface area contributed by atoms with Crippen LogP contribution in [0.15, 0.2) is 47.0 Å². The number of hydrogen-bond donors (Lipinski definition) is 0. The van der Waals surface area contributed by atoms with Crippen molar-refractivity contribution >= 4 is 23.0 Å². The van der Waals surface area contributed by atoms with Gasteiger partial charge in [0.1, 0.15) is 11.2 Å². The average Bonchev–Trinajstić information content (AvgIpc) is 3.32. The lowest BCUT2D eigenvalue weighted by Crippen LogP contribution is -2.40. The third kappa shape index (κ3) is 3.58. The van der Waals surface area contributed by atoms with Crippen molar-refractivity contribution in [3.8, 4) is 0 Å². The molecule has 0 unspecified atom stereocenters. The van der Waals surface area contributed by atoms with Gasteiger partial charge < -0.3 is 18.6 Å². The lowest BCUT2D eigenvalue weighted by atomic mass is 9.97. The van der Waals surface area contributed by atoms with Crippen molar-refractivity contribution in [2.75, 3.05) is 19.7 Å². The van der Waals surface area contributed by atoms with Crippen LogP contribution in [0.3, 0.4) is 0 Å². The molecule has 0 N–H and O–H groups in total. The van der Waals surface area contributed by atoms with Crippen LogP contribution in [0.1, 0.15) is 35.1 Å². The highest BCUT2D eigenvalue weighted by Crippen LogP contribution is 2.29. The number of rotatable bonds is 4. The SMILES string of the molecule is Cn1cccc1C(=O)OCC(=O)N1CCC(c2nc3ccccc3o2)CC1. The van der Waals surface area contributed by atoms with Gasteiger partial charge in [0.05, 0.1) is 0 Å². The molecule has 0 atom stereocenters. The summed E-state index contributed by atoms with van der Waals surface area (Å²) in [6.07, 6.45) is 3.32. The molecule has 1 aromatic carbocycles. The Kier molecular flexibility index (Phi) is 4.66. The molecule has 7 nitrogen and oxygen atoms in total. The van der Waals surface area contributed by atoms with Crippen molar-refractivity contribution < 1.29 is 18.7 Å². The van der Waals surface area contributed by atoms with Gasteiger partial charge in [0.15, 0.2) is 18.1 Å². The first-order chi connectivity index (χ1) is 13.1. The molecule has 1 aliphatic heterocycles. The number of nitrogens with zero attached hydrogens (tertiary/aromatic N) is 3. The number of fused-ring (bicyclic) bond motifs is 1. The maximum atomic E-state index is 12.3. The quantitative estimate of drug-likeness (QED) is 0.663. The van der Waals surface area contributed by atoms with E-state index in [0.29, 0.717) is 18.8 Å². The van der Waals surface area contributed by atoms with Gasteiger partial charge in [-0.05, 0) is 37.1 Å². The summed E-state index contributed by atoms with van der Waals surface area (Å²) in [5.41, 5.74) is 2.08. The van der Waals surface area contributed by atoms with Gasteiger partial charge in [-0.3, -0.25) is 4.79 Å². The largest absolute Gasteiger partial charge is 0.451 e. The molecule has 2 aromatic heterocycles. The molecule has 1 aliphatic rings. The minimum absolute atomic E-state index is 0.173. The second kappa shape index (κ2) is 7.26. The monoisotopic (exact) mass is 367 g/mol. The number of carbonyl (C=O) groups is 2. The number of para-hydroxylation sites is 2. The number of ether oxygens (including phenoxy) is 1. The van der Waals surface area contributed by atoms with Gasteiger partial charge in [0.2, 0.25) is 0 Å². The first kappa shape index (κ1) is 17.3. The summed E-state index contributed by atoms with van der Waals surface area (Å²) >= 11 is 0. The maximum Gasteiger partial charge on any atom is 0.355 e. The summed E-state index contributed by atoms with van der Waals surface area (Å²) in [7, 11) is 1.76. The van der Waals surface area contributed by atoms with Crippen LogP contribution < -0.4 is 0 Å². The molecule has 7 heteroatoms. The van der Waals surface area contributed by atoms with Crippen LogP contribution in [0.2, 0.25) is 0 Å². The Morgan fingerprint density at radius 2 is 1.96 bits per heavy atom. The Labute approximate surface area is 156 Å². The topological polar surface area (TPSA) is 77.6 Å². The zero-order valence-corrected chi connectivity index (χ0v) is 15.1. The van der Waals surface area contributed by atoms with E-state index < -0.39 is 5.97 Å². The van der Waals surface area contributed by atoms with E-state index in [-0.39, 0.29) is 18.4 Å². The predicted octanol–water partition coefficient (Wildman–Crippen LogP) is 2.73. The van der Waals surface area contributed by atoms with E-state index in [0.717, 1.165) is 29.8 Å². The molecule has 27 heavy (non-hydrogen) atoms. The Morgan fingerprint density at radius 3 is 2.67 bits per heavy atom. The highest BCUT2D eigenvalue weighted by atomic mass is 16.5. The molecule has 140 valence electrons. The fourth-order valence-electron chi connectivity index (χ4n) is 3.41. The number of carbonyl (C=O) groups excluding carboxylic acids is 2. The van der Waals surface area contributed by atoms with Crippen molar-refractivity contribution in [2.24, 2.45) is 7.05 Å². The molecule has 0 saturated carbocycles. The van der Waals surface area contributed by atoms with Crippen LogP contribution >= 0.6 is 0 Å². The van der Waals surface area contributed by atoms with E-state index in [1.807, 2.05) is 24.3 Å². The van der Waals surface area contributed by atoms with Gasteiger partial charge in [-0.25, -0.2) is 9.78 Å². The number of esters is 1. The number of piperidine rings is 1. The van der Waals surface area contributed by atoms with Gasteiger partial charge in [-0.2, -0.15) is 0 Å². The zero-order chi connectivity index (χ0) is 18.8. The second-order valence-corrected chi connectivity index (χ2v) is 6.76. The van der Waals surface area contributed by atoms with E-state index in [4.69, 9.17) is 9.15 Å². The van der Waals surface area contributed by atoms with Crippen LogP contribution in [-0.2, 0) is 16.6 Å². The third-order valence-electron chi connectivity index (χ3n) is 4.99. The van der Waals surface area contributed by atoms with Crippen LogP contribution in [0.25, 0.3) is 11.1 Å². The fourth-order valence-corrected chi connectivity index (χ4v) is 3.41. The van der Waals surface area contributed by atoms with Crippen LogP contribution in [-0.4, -0.2) is 46.0 Å². The molecule has 0 bridgehead atoms. The summed E-state index contributed by atoms with van der Waals surface area (Å²) in [5.74, 6) is 0.275. The van der Waals surface area contributed by atoms with Crippen LogP contribution in [0, 0.1) is 0 Å². The first-order valence-electron chi connectivity index (χ1n) is 9.03. The van der Waals surface area contributed by atoms with Gasteiger partial charge in [-0.15, -0.1) is 0 Å². The number of likely N-dealkylation sites (tertiary alicyclic amines) is 1. The van der Waals surface area contributed by atoms with E-state index in [2.05, 4.69) is 4.98 Å². The smallest absolute Gasteiger partial charge is 0.355 e. The molecule has 0 aliphatic carbocycles. The molecular weight excluding hydrogens is 346 g/mol. The maximum absolute atomic E-state index is 12.3. The average molecular weight is 367 g/mol. The Hall–Kier alpha value is -3.09. The number of aromatic nitrogens is 2. The van der Waals surface area contributed by atoms with Gasteiger partial charge in [-0.1, -0.05) is 12.1 Å². The molecule has 1 fully saturated rings. The Bertz CT molecular complexity index is 933. The molecule has 4 rings (SSSR count). The number of benzene rings is 1. The lowest BCUT2D eigenvalue weighted by molar-refractivity contribution is -0.135. The summed E-state index contributed by atoms with van der Waals surface area (Å²) in [5, 5.41) is 0. The molecule has 1 saturated heterocycles. The second-order valence-electron chi connectivity index (χ2n) is 6.76. The molecule has 0 spiro atoms. The standard InChI is InChI=1S/C20H21N3O4/c1-22-10-4-6-16(22)20(25)26-13-18(24)23-11-8-14(9-12-23)19-21-15-5-2-3-7-17(15)27-19/h2-7,10,14H,8-9,11-13H2,1H3. The summed E-state index contributed by atoms with van der Waals surface area (Å²) in [6, 6.07) is 11.1. The van der Waals surface area contributed by atoms with Crippen LogP contribution in [0.5, 0.6) is 0 Å². The summed E-state index contributed by atoms with van der Waals surface area (Å²) in [6.45, 7) is 0.964. The summed E-state index contributed by atoms with van der Waals surface area (Å²) in [4.78, 5) is 30.6. The molecule has 1 amide bonds. The van der Waals surface area contributed by atoms with Crippen molar-refractivity contribution in [1.29, 1.82) is 0 Å². The summed E-state index contributed by atoms with van der Waals surface area (Å²) < 4.78 is 12.7. The molecule has 3 aromatic rings. The number of amides is 1. The minimum atomic E-state index is -0.489. The highest BCUT2D eigenvalue weighted by molar-refractivity contribution is 5.90. The fraction of sp³-hybridized carbons (Fsp3) is 0.350. The van der Waals surface area contributed by atoms with Crippen molar-refractivity contribution in [3.05, 3.63) is 54.2 Å². The first-order valence-corrected chi connectivity index (χ1v) is 9.03. The molecular formula is C20H21N3O4. The number of hydrogen-bond acceptors (Lipinski definition) is 5.